The molecule has 0 aliphatic carbocycles. The van der Waals surface area contributed by atoms with Crippen LogP contribution in [0.2, 0.25) is 0 Å². The summed E-state index contributed by atoms with van der Waals surface area (Å²) >= 11 is 1.69. The van der Waals surface area contributed by atoms with E-state index in [-0.39, 0.29) is 6.04 Å². The van der Waals surface area contributed by atoms with Gasteiger partial charge in [0.05, 0.1) is 11.7 Å². The minimum Gasteiger partial charge on any atom is -0.385 e. The lowest BCUT2D eigenvalue weighted by atomic mass is 10.2. The van der Waals surface area contributed by atoms with Gasteiger partial charge in [-0.2, -0.15) is 0 Å². The number of thiazole rings is 1. The fourth-order valence-corrected chi connectivity index (χ4v) is 3.01. The zero-order chi connectivity index (χ0) is 14.4. The molecule has 0 bridgehead atoms. The van der Waals surface area contributed by atoms with Crippen molar-refractivity contribution in [1.82, 2.24) is 14.5 Å². The number of nitrogens with zero attached hydrogens (tertiary/aromatic N) is 3. The number of hydrogen-bond donors (Lipinski definition) is 1. The number of rotatable bonds is 8. The number of anilines is 1. The average Bonchev–Trinajstić information content (AvgIpc) is 3.07. The number of methoxy groups -OCH3 is 1. The molecule has 0 radical (unpaired) electrons. The van der Waals surface area contributed by atoms with Crippen LogP contribution >= 0.6 is 11.3 Å². The van der Waals surface area contributed by atoms with Crippen LogP contribution in [0.1, 0.15) is 36.5 Å². The van der Waals surface area contributed by atoms with Crippen molar-refractivity contribution >= 4 is 17.3 Å². The maximum absolute atomic E-state index is 5.07. The van der Waals surface area contributed by atoms with Gasteiger partial charge in [-0.05, 0) is 19.8 Å². The van der Waals surface area contributed by atoms with Gasteiger partial charge in [-0.1, -0.05) is 6.92 Å². The second-order valence-electron chi connectivity index (χ2n) is 4.68. The molecule has 5 nitrogen and oxygen atoms in total. The van der Waals surface area contributed by atoms with Crippen molar-refractivity contribution in [3.05, 3.63) is 28.5 Å². The van der Waals surface area contributed by atoms with Gasteiger partial charge >= 0.3 is 0 Å². The van der Waals surface area contributed by atoms with Crippen LogP contribution in [0, 0.1) is 6.92 Å². The molecule has 1 atom stereocenters. The van der Waals surface area contributed by atoms with Crippen molar-refractivity contribution in [3.8, 4) is 0 Å². The summed E-state index contributed by atoms with van der Waals surface area (Å²) < 4.78 is 7.26. The number of aromatic nitrogens is 3. The zero-order valence-electron chi connectivity index (χ0n) is 12.3. The minimum absolute atomic E-state index is 0.251. The Kier molecular flexibility index (Phi) is 5.55. The molecule has 0 aliphatic rings. The van der Waals surface area contributed by atoms with Crippen LogP contribution in [0.4, 0.5) is 5.95 Å². The first-order chi connectivity index (χ1) is 9.76. The zero-order valence-corrected chi connectivity index (χ0v) is 13.1. The van der Waals surface area contributed by atoms with E-state index in [1.807, 2.05) is 18.5 Å². The van der Waals surface area contributed by atoms with Crippen LogP contribution in [0.3, 0.4) is 0 Å². The molecule has 20 heavy (non-hydrogen) atoms. The third-order valence-corrected chi connectivity index (χ3v) is 4.00. The Bertz CT molecular complexity index is 509. The Hall–Kier alpha value is -1.40. The van der Waals surface area contributed by atoms with Gasteiger partial charge in [-0.25, -0.2) is 9.97 Å². The topological polar surface area (TPSA) is 52.0 Å². The van der Waals surface area contributed by atoms with E-state index in [1.165, 1.54) is 0 Å². The second kappa shape index (κ2) is 7.40. The molecular weight excluding hydrogens is 272 g/mol. The van der Waals surface area contributed by atoms with Crippen LogP contribution < -0.4 is 5.32 Å². The lowest BCUT2D eigenvalue weighted by Gasteiger charge is -2.17. The van der Waals surface area contributed by atoms with Gasteiger partial charge in [0.25, 0.3) is 0 Å². The lowest BCUT2D eigenvalue weighted by Crippen LogP contribution is -2.15. The fraction of sp³-hybridized carbons (Fsp3) is 0.571. The van der Waals surface area contributed by atoms with Crippen molar-refractivity contribution in [2.75, 3.05) is 25.6 Å². The molecule has 0 spiro atoms. The Labute approximate surface area is 124 Å². The molecule has 0 saturated carbocycles. The molecule has 110 valence electrons. The van der Waals surface area contributed by atoms with E-state index in [4.69, 9.17) is 4.74 Å². The highest BCUT2D eigenvalue weighted by Crippen LogP contribution is 2.27. The summed E-state index contributed by atoms with van der Waals surface area (Å²) in [7, 11) is 1.72. The van der Waals surface area contributed by atoms with E-state index < -0.39 is 0 Å². The minimum atomic E-state index is 0.251. The first-order valence-corrected chi connectivity index (χ1v) is 7.82. The van der Waals surface area contributed by atoms with E-state index in [0.717, 1.165) is 42.6 Å². The lowest BCUT2D eigenvalue weighted by molar-refractivity contribution is 0.197. The van der Waals surface area contributed by atoms with Gasteiger partial charge < -0.3 is 14.6 Å². The highest BCUT2D eigenvalue weighted by atomic mass is 32.1. The molecule has 0 saturated heterocycles. The summed E-state index contributed by atoms with van der Waals surface area (Å²) in [5.74, 6) is 0.917. The summed E-state index contributed by atoms with van der Waals surface area (Å²) in [5, 5.41) is 6.55. The van der Waals surface area contributed by atoms with Crippen LogP contribution in [0.25, 0.3) is 0 Å². The largest absolute Gasteiger partial charge is 0.385 e. The molecule has 0 fully saturated rings. The molecule has 1 unspecified atom stereocenters. The van der Waals surface area contributed by atoms with Gasteiger partial charge in [-0.15, -0.1) is 11.3 Å². The van der Waals surface area contributed by atoms with Crippen LogP contribution in [-0.4, -0.2) is 34.8 Å². The summed E-state index contributed by atoms with van der Waals surface area (Å²) in [4.78, 5) is 9.02. The quantitative estimate of drug-likeness (QED) is 0.760. The molecule has 0 amide bonds. The maximum atomic E-state index is 5.07. The highest BCUT2D eigenvalue weighted by molar-refractivity contribution is 7.09. The van der Waals surface area contributed by atoms with Gasteiger partial charge in [0.1, 0.15) is 5.01 Å². The van der Waals surface area contributed by atoms with Crippen LogP contribution in [0.5, 0.6) is 0 Å². The van der Waals surface area contributed by atoms with Crippen molar-refractivity contribution in [2.24, 2.45) is 0 Å². The predicted molar refractivity (Wildman–Crippen MR) is 82.5 cm³/mol. The molecular formula is C14H22N4OS. The Balaban J connectivity index is 2.13. The summed E-state index contributed by atoms with van der Waals surface area (Å²) in [6, 6.07) is 0.251. The van der Waals surface area contributed by atoms with Crippen molar-refractivity contribution in [2.45, 2.75) is 32.7 Å². The molecule has 6 heteroatoms. The summed E-state index contributed by atoms with van der Waals surface area (Å²) in [5.41, 5.74) is 1.02. The third-order valence-electron chi connectivity index (χ3n) is 3.12. The first-order valence-electron chi connectivity index (χ1n) is 6.94. The Morgan fingerprint density at radius 2 is 2.35 bits per heavy atom. The molecule has 2 rings (SSSR count). The molecule has 1 N–H and O–H groups in total. The summed E-state index contributed by atoms with van der Waals surface area (Å²) in [6.07, 6.45) is 5.92. The van der Waals surface area contributed by atoms with Gasteiger partial charge in [0.15, 0.2) is 0 Å². The van der Waals surface area contributed by atoms with Gasteiger partial charge in [-0.3, -0.25) is 0 Å². The monoisotopic (exact) mass is 294 g/mol. The van der Waals surface area contributed by atoms with Crippen LogP contribution in [-0.2, 0) is 4.74 Å². The SMILES string of the molecule is CCC(c1nccs1)n1cc(C)nc1NCCCOC. The number of ether oxygens (including phenoxy) is 1. The second-order valence-corrected chi connectivity index (χ2v) is 5.61. The Morgan fingerprint density at radius 3 is 3.00 bits per heavy atom. The van der Waals surface area contributed by atoms with E-state index >= 15 is 0 Å². The number of hydrogen-bond acceptors (Lipinski definition) is 5. The van der Waals surface area contributed by atoms with Crippen molar-refractivity contribution in [1.29, 1.82) is 0 Å². The van der Waals surface area contributed by atoms with E-state index in [9.17, 15) is 0 Å². The maximum Gasteiger partial charge on any atom is 0.203 e. The number of aryl methyl sites for hydroxylation is 1. The molecule has 0 aromatic carbocycles. The number of imidazole rings is 1. The average molecular weight is 294 g/mol. The molecule has 0 aliphatic heterocycles. The predicted octanol–water partition coefficient (Wildman–Crippen LogP) is 3.10. The Morgan fingerprint density at radius 1 is 1.50 bits per heavy atom. The highest BCUT2D eigenvalue weighted by Gasteiger charge is 2.18. The van der Waals surface area contributed by atoms with Crippen molar-refractivity contribution < 1.29 is 4.74 Å². The molecule has 2 aromatic rings. The van der Waals surface area contributed by atoms with E-state index in [1.54, 1.807) is 18.4 Å². The number of nitrogens with one attached hydrogen (secondary N) is 1. The first kappa shape index (κ1) is 15.0. The van der Waals surface area contributed by atoms with Crippen LogP contribution in [0.15, 0.2) is 17.8 Å². The van der Waals surface area contributed by atoms with Crippen molar-refractivity contribution in [3.63, 3.8) is 0 Å². The molecule has 2 heterocycles. The third kappa shape index (κ3) is 3.58. The van der Waals surface area contributed by atoms with Gasteiger partial charge in [0.2, 0.25) is 5.95 Å². The van der Waals surface area contributed by atoms with Gasteiger partial charge in [0, 0.05) is 38.0 Å². The summed E-state index contributed by atoms with van der Waals surface area (Å²) in [6.45, 7) is 5.82. The normalized spacial score (nSPS) is 12.6. The smallest absolute Gasteiger partial charge is 0.203 e. The standard InChI is InChI=1S/C14H22N4OS/c1-4-12(13-15-7-9-20-13)18-10-11(2)17-14(18)16-6-5-8-19-3/h7,9-10,12H,4-6,8H2,1-3H3,(H,16,17). The van der Waals surface area contributed by atoms with E-state index in [2.05, 4.69) is 33.0 Å². The fourth-order valence-electron chi connectivity index (χ4n) is 2.19. The van der Waals surface area contributed by atoms with E-state index in [0.29, 0.717) is 0 Å². The molecule has 2 aromatic heterocycles.